The number of carboxylic acids is 1. The second-order valence-corrected chi connectivity index (χ2v) is 10.9. The Morgan fingerprint density at radius 2 is 1.84 bits per heavy atom. The normalized spacial score (nSPS) is 16.6. The number of aliphatic hydroxyl groups excluding tert-OH is 1. The molecule has 0 aliphatic heterocycles. The second-order valence-electron chi connectivity index (χ2n) is 10.9. The molecule has 194 valence electrons. The first-order valence-corrected chi connectivity index (χ1v) is 13.3. The SMILES string of the molecule is Cc1cc(OCCCO)cc(C)c1-c1cccc(CNc2ccc3c(c2)CC2(CC2)C3CC(=O)[O-])c1C.[Na+]. The molecule has 1 fully saturated rings. The number of benzene rings is 3. The smallest absolute Gasteiger partial charge is 0.550 e. The zero-order valence-corrected chi connectivity index (χ0v) is 25.0. The molecule has 0 radical (unpaired) electrons. The monoisotopic (exact) mass is 521 g/mol. The maximum Gasteiger partial charge on any atom is 1.00 e. The number of rotatable bonds is 10. The van der Waals surface area contributed by atoms with Crippen molar-refractivity contribution in [3.05, 3.63) is 81.9 Å². The minimum atomic E-state index is -0.948. The molecule has 1 unspecified atom stereocenters. The molecule has 0 saturated heterocycles. The maximum atomic E-state index is 11.3. The van der Waals surface area contributed by atoms with Crippen molar-refractivity contribution in [2.24, 2.45) is 5.41 Å². The van der Waals surface area contributed by atoms with Crippen LogP contribution in [0.4, 0.5) is 5.69 Å². The van der Waals surface area contributed by atoms with Crippen LogP contribution in [0.5, 0.6) is 5.75 Å². The quantitative estimate of drug-likeness (QED) is 0.316. The molecule has 0 aromatic heterocycles. The molecule has 3 aromatic rings. The number of carbonyl (C=O) groups is 1. The summed E-state index contributed by atoms with van der Waals surface area (Å²) < 4.78 is 5.81. The first kappa shape index (κ1) is 28.7. The number of aliphatic hydroxyl groups is 1. The maximum absolute atomic E-state index is 11.3. The minimum Gasteiger partial charge on any atom is -0.550 e. The van der Waals surface area contributed by atoms with E-state index in [0.717, 1.165) is 30.7 Å². The average molecular weight is 522 g/mol. The van der Waals surface area contributed by atoms with Crippen LogP contribution in [-0.2, 0) is 17.8 Å². The van der Waals surface area contributed by atoms with Crippen LogP contribution in [-0.4, -0.2) is 24.3 Å². The number of ether oxygens (including phenoxy) is 1. The van der Waals surface area contributed by atoms with Gasteiger partial charge in [0.25, 0.3) is 0 Å². The van der Waals surface area contributed by atoms with E-state index in [-0.39, 0.29) is 53.9 Å². The topological polar surface area (TPSA) is 81.6 Å². The van der Waals surface area contributed by atoms with Crippen molar-refractivity contribution in [1.82, 2.24) is 0 Å². The Balaban J connectivity index is 0.00000336. The van der Waals surface area contributed by atoms with Gasteiger partial charge in [0.05, 0.1) is 6.61 Å². The van der Waals surface area contributed by atoms with Crippen LogP contribution in [0.3, 0.4) is 0 Å². The van der Waals surface area contributed by atoms with Gasteiger partial charge in [-0.05, 0) is 127 Å². The summed E-state index contributed by atoms with van der Waals surface area (Å²) in [7, 11) is 0. The second kappa shape index (κ2) is 11.8. The first-order valence-electron chi connectivity index (χ1n) is 13.3. The van der Waals surface area contributed by atoms with Crippen molar-refractivity contribution < 1.29 is 49.3 Å². The van der Waals surface area contributed by atoms with Gasteiger partial charge in [-0.15, -0.1) is 0 Å². The van der Waals surface area contributed by atoms with E-state index in [9.17, 15) is 9.90 Å². The molecule has 2 aliphatic carbocycles. The average Bonchev–Trinajstić information content (AvgIpc) is 3.56. The van der Waals surface area contributed by atoms with Crippen LogP contribution in [0.25, 0.3) is 11.1 Å². The van der Waals surface area contributed by atoms with Gasteiger partial charge in [-0.3, -0.25) is 0 Å². The molecule has 5 rings (SSSR count). The first-order chi connectivity index (χ1) is 17.8. The fraction of sp³-hybridized carbons (Fsp3) is 0.406. The molecule has 1 saturated carbocycles. The molecule has 1 atom stereocenters. The summed E-state index contributed by atoms with van der Waals surface area (Å²) in [6.45, 7) is 7.78. The number of anilines is 1. The van der Waals surface area contributed by atoms with Crippen molar-refractivity contribution >= 4 is 11.7 Å². The third-order valence-electron chi connectivity index (χ3n) is 8.34. The largest absolute Gasteiger partial charge is 1.00 e. The molecule has 3 aromatic carbocycles. The third-order valence-corrected chi connectivity index (χ3v) is 8.34. The number of aliphatic carboxylic acids is 1. The number of fused-ring (bicyclic) bond motifs is 1. The number of carboxylic acid groups (broad SMARTS) is 1. The number of carbonyl (C=O) groups excluding carboxylic acids is 1. The molecule has 6 heteroatoms. The minimum absolute atomic E-state index is 0. The Morgan fingerprint density at radius 3 is 2.50 bits per heavy atom. The molecule has 2 aliphatic rings. The van der Waals surface area contributed by atoms with E-state index >= 15 is 0 Å². The summed E-state index contributed by atoms with van der Waals surface area (Å²) >= 11 is 0. The number of aryl methyl sites for hydroxylation is 2. The Morgan fingerprint density at radius 1 is 1.11 bits per heavy atom. The van der Waals surface area contributed by atoms with Gasteiger partial charge in [0.15, 0.2) is 0 Å². The van der Waals surface area contributed by atoms with E-state index in [1.165, 1.54) is 44.5 Å². The summed E-state index contributed by atoms with van der Waals surface area (Å²) in [5.41, 5.74) is 11.0. The number of hydrogen-bond acceptors (Lipinski definition) is 5. The molecule has 5 nitrogen and oxygen atoms in total. The summed E-state index contributed by atoms with van der Waals surface area (Å²) in [6.07, 6.45) is 3.95. The Labute approximate surface area is 247 Å². The van der Waals surface area contributed by atoms with E-state index in [2.05, 4.69) is 74.6 Å². The molecular weight excluding hydrogens is 485 g/mol. The van der Waals surface area contributed by atoms with Gasteiger partial charge in [0.2, 0.25) is 0 Å². The van der Waals surface area contributed by atoms with E-state index < -0.39 is 5.97 Å². The zero-order valence-electron chi connectivity index (χ0n) is 23.0. The van der Waals surface area contributed by atoms with Crippen molar-refractivity contribution in [3.8, 4) is 16.9 Å². The van der Waals surface area contributed by atoms with Gasteiger partial charge < -0.3 is 25.1 Å². The van der Waals surface area contributed by atoms with Crippen molar-refractivity contribution in [2.45, 2.75) is 65.3 Å². The standard InChI is InChI=1S/C32H37NO4.Na/c1-20-14-26(37-13-5-12-34)15-21(2)31(20)27-7-4-6-23(22(27)3)19-33-25-8-9-28-24(16-25)18-32(10-11-32)29(28)17-30(35)36;/h4,6-9,14-16,29,33-34H,5,10-13,17-19H2,1-3H3,(H,35,36);/q;+1/p-1. The van der Waals surface area contributed by atoms with Gasteiger partial charge in [-0.1, -0.05) is 24.3 Å². The van der Waals surface area contributed by atoms with Crippen LogP contribution >= 0.6 is 0 Å². The van der Waals surface area contributed by atoms with Crippen molar-refractivity contribution in [3.63, 3.8) is 0 Å². The summed E-state index contributed by atoms with van der Waals surface area (Å²) in [5, 5.41) is 24.0. The fourth-order valence-corrected chi connectivity index (χ4v) is 6.25. The van der Waals surface area contributed by atoms with Gasteiger partial charge in [-0.25, -0.2) is 0 Å². The molecular formula is C32H36NNaO4. The van der Waals surface area contributed by atoms with Gasteiger partial charge >= 0.3 is 29.6 Å². The third kappa shape index (κ3) is 5.81. The van der Waals surface area contributed by atoms with E-state index in [0.29, 0.717) is 19.6 Å². The van der Waals surface area contributed by atoms with Crippen molar-refractivity contribution in [2.75, 3.05) is 18.5 Å². The predicted octanol–water partition coefficient (Wildman–Crippen LogP) is 2.22. The Hall–Kier alpha value is -2.31. The van der Waals surface area contributed by atoms with Gasteiger partial charge in [-0.2, -0.15) is 0 Å². The van der Waals surface area contributed by atoms with Crippen LogP contribution in [0.15, 0.2) is 48.5 Å². The molecule has 0 amide bonds. The molecule has 0 bridgehead atoms. The summed E-state index contributed by atoms with van der Waals surface area (Å²) in [5.74, 6) is -0.0106. The molecule has 38 heavy (non-hydrogen) atoms. The van der Waals surface area contributed by atoms with Crippen LogP contribution in [0, 0.1) is 26.2 Å². The Bertz CT molecular complexity index is 1310. The van der Waals surface area contributed by atoms with Crippen LogP contribution in [0.2, 0.25) is 0 Å². The zero-order chi connectivity index (χ0) is 26.2. The Kier molecular flexibility index (Phi) is 8.93. The van der Waals surface area contributed by atoms with Crippen LogP contribution < -0.4 is 44.7 Å². The molecule has 2 N–H and O–H groups in total. The summed E-state index contributed by atoms with van der Waals surface area (Å²) in [4.78, 5) is 11.3. The fourth-order valence-electron chi connectivity index (χ4n) is 6.25. The number of nitrogens with one attached hydrogen (secondary N) is 1. The molecule has 1 spiro atoms. The van der Waals surface area contributed by atoms with Crippen molar-refractivity contribution in [1.29, 1.82) is 0 Å². The van der Waals surface area contributed by atoms with Gasteiger partial charge in [0, 0.05) is 31.2 Å². The van der Waals surface area contributed by atoms with E-state index in [1.54, 1.807) is 0 Å². The summed E-state index contributed by atoms with van der Waals surface area (Å²) in [6, 6.07) is 17.1. The van der Waals surface area contributed by atoms with Gasteiger partial charge in [0.1, 0.15) is 5.75 Å². The van der Waals surface area contributed by atoms with E-state index in [1.807, 2.05) is 0 Å². The number of hydrogen-bond donors (Lipinski definition) is 2. The predicted molar refractivity (Wildman–Crippen MR) is 145 cm³/mol. The van der Waals surface area contributed by atoms with Crippen LogP contribution in [0.1, 0.15) is 65.0 Å². The van der Waals surface area contributed by atoms with E-state index in [4.69, 9.17) is 9.84 Å². The molecule has 0 heterocycles.